The smallest absolute Gasteiger partial charge is 0.160 e. The van der Waals surface area contributed by atoms with Gasteiger partial charge in [-0.15, -0.1) is 0 Å². The molecule has 9 rings (SSSR count). The molecule has 0 aliphatic carbocycles. The molecule has 0 fully saturated rings. The maximum absolute atomic E-state index is 6.30. The molecule has 0 unspecified atom stereocenters. The Morgan fingerprint density at radius 3 is 1.52 bits per heavy atom. The van der Waals surface area contributed by atoms with Crippen molar-refractivity contribution in [1.29, 1.82) is 0 Å². The lowest BCUT2D eigenvalue weighted by Crippen LogP contribution is -2.10. The Bertz CT molecular complexity index is 2590. The van der Waals surface area contributed by atoms with Crippen LogP contribution in [-0.2, 0) is 0 Å². The number of nitrogens with zero attached hydrogens (tertiary/aromatic N) is 2. The first kappa shape index (κ1) is 31.4. The highest BCUT2D eigenvalue weighted by Crippen LogP contribution is 2.35. The molecule has 8 aromatic rings. The van der Waals surface area contributed by atoms with E-state index in [1.54, 1.807) is 0 Å². The number of hydrogen-bond acceptors (Lipinski definition) is 3. The molecule has 3 heteroatoms. The Morgan fingerprint density at radius 1 is 0.385 bits per heavy atom. The van der Waals surface area contributed by atoms with Crippen LogP contribution in [0.4, 0.5) is 0 Å². The van der Waals surface area contributed by atoms with E-state index in [-0.39, 0.29) is 0 Å². The van der Waals surface area contributed by atoms with Crippen molar-refractivity contribution >= 4 is 39.2 Å². The molecule has 2 heterocycles. The normalized spacial score (nSPS) is 16.9. The minimum absolute atomic E-state index is 0.683. The fourth-order valence-electron chi connectivity index (χ4n) is 7.19. The van der Waals surface area contributed by atoms with Crippen LogP contribution in [0.25, 0.3) is 61.0 Å². The number of para-hydroxylation sites is 1. The van der Waals surface area contributed by atoms with Gasteiger partial charge in [-0.2, -0.15) is 0 Å². The summed E-state index contributed by atoms with van der Waals surface area (Å²) in [6.07, 6.45) is 1.68. The Hall–Kier alpha value is -6.58. The molecule has 3 nitrogen and oxygen atoms in total. The zero-order chi connectivity index (χ0) is 34.9. The first-order chi connectivity index (χ1) is 25.7. The summed E-state index contributed by atoms with van der Waals surface area (Å²) in [7, 11) is 0. The van der Waals surface area contributed by atoms with Crippen LogP contribution in [0.2, 0.25) is 0 Å². The van der Waals surface area contributed by atoms with Crippen molar-refractivity contribution in [3.8, 4) is 33.4 Å². The molecule has 0 saturated heterocycles. The lowest BCUT2D eigenvalue weighted by molar-refractivity contribution is 0.669. The maximum atomic E-state index is 6.30. The third-order valence-electron chi connectivity index (χ3n) is 9.98. The zero-order valence-corrected chi connectivity index (χ0v) is 29.0. The quantitative estimate of drug-likeness (QED) is 0.174. The van der Waals surface area contributed by atoms with E-state index >= 15 is 0 Å². The van der Waals surface area contributed by atoms with Gasteiger partial charge in [0.05, 0.1) is 11.4 Å². The fourth-order valence-corrected chi connectivity index (χ4v) is 7.19. The van der Waals surface area contributed by atoms with Crippen LogP contribution in [0.5, 0.6) is 0 Å². The topological polar surface area (TPSA) is 37.9 Å². The predicted molar refractivity (Wildman–Crippen MR) is 218 cm³/mol. The second-order valence-corrected chi connectivity index (χ2v) is 13.4. The number of rotatable bonds is 6. The Kier molecular flexibility index (Phi) is 8.22. The molecule has 0 bridgehead atoms. The van der Waals surface area contributed by atoms with E-state index in [4.69, 9.17) is 14.4 Å². The summed E-state index contributed by atoms with van der Waals surface area (Å²) in [5, 5.41) is 2.20. The zero-order valence-electron chi connectivity index (χ0n) is 29.0. The first-order valence-electron chi connectivity index (χ1n) is 17.9. The summed E-state index contributed by atoms with van der Waals surface area (Å²) >= 11 is 0. The van der Waals surface area contributed by atoms with Gasteiger partial charge in [0.25, 0.3) is 0 Å². The minimum Gasteiger partial charge on any atom is -0.456 e. The van der Waals surface area contributed by atoms with Crippen LogP contribution >= 0.6 is 0 Å². The number of allylic oxidation sites excluding steroid dienone is 1. The lowest BCUT2D eigenvalue weighted by Gasteiger charge is -2.17. The molecule has 0 spiro atoms. The number of fused-ring (bicyclic) bond motifs is 3. The van der Waals surface area contributed by atoms with Gasteiger partial charge in [-0.05, 0) is 101 Å². The van der Waals surface area contributed by atoms with Gasteiger partial charge in [0.2, 0.25) is 0 Å². The van der Waals surface area contributed by atoms with E-state index in [1.807, 2.05) is 24.3 Å². The number of benzene rings is 7. The minimum atomic E-state index is 0.683. The predicted octanol–water partition coefficient (Wildman–Crippen LogP) is 13.0. The third-order valence-corrected chi connectivity index (χ3v) is 9.98. The van der Waals surface area contributed by atoms with Gasteiger partial charge in [0.1, 0.15) is 11.2 Å². The van der Waals surface area contributed by atoms with Crippen molar-refractivity contribution in [2.45, 2.75) is 19.8 Å². The highest BCUT2D eigenvalue weighted by molar-refractivity contribution is 6.16. The SMILES string of the molecule is C\C1=C(c2ccc(-c3cc(-c4ccccc4)cc(-c4ccccc4)c3)cc2)/N=C(c2ccc3c(c2)oc2ccccc23)\N=C(\c2ccccc2)CC1. The van der Waals surface area contributed by atoms with E-state index in [0.717, 1.165) is 68.4 Å². The van der Waals surface area contributed by atoms with Gasteiger partial charge in [-0.1, -0.05) is 140 Å². The molecule has 1 aliphatic heterocycles. The third kappa shape index (κ3) is 6.18. The average molecular weight is 669 g/mol. The van der Waals surface area contributed by atoms with Crippen LogP contribution in [0.3, 0.4) is 0 Å². The number of aliphatic imine (C=N–C) groups is 2. The first-order valence-corrected chi connectivity index (χ1v) is 17.9. The summed E-state index contributed by atoms with van der Waals surface area (Å²) in [6, 6.07) is 61.9. The molecule has 0 saturated carbocycles. The van der Waals surface area contributed by atoms with Gasteiger partial charge in [-0.25, -0.2) is 9.98 Å². The van der Waals surface area contributed by atoms with Gasteiger partial charge < -0.3 is 4.42 Å². The van der Waals surface area contributed by atoms with Crippen molar-refractivity contribution in [3.05, 3.63) is 198 Å². The molecule has 1 aromatic heterocycles. The number of amidine groups is 1. The van der Waals surface area contributed by atoms with Crippen molar-refractivity contribution < 1.29 is 4.42 Å². The monoisotopic (exact) mass is 668 g/mol. The van der Waals surface area contributed by atoms with Crippen LogP contribution < -0.4 is 0 Å². The lowest BCUT2D eigenvalue weighted by atomic mass is 9.92. The molecule has 7 aromatic carbocycles. The summed E-state index contributed by atoms with van der Waals surface area (Å²) < 4.78 is 6.30. The number of furan rings is 1. The fraction of sp³-hybridized carbons (Fsp3) is 0.0612. The molecule has 1 aliphatic rings. The molecule has 0 N–H and O–H groups in total. The Morgan fingerprint density at radius 2 is 0.885 bits per heavy atom. The maximum Gasteiger partial charge on any atom is 0.160 e. The standard InChI is InChI=1S/C49H36N2O/c1-33-21-28-45(37-17-9-4-10-18-37)50-49(39-26-27-44-43-19-11-12-20-46(43)52-47(44)32-39)51-48(33)38-24-22-36(23-25-38)42-30-40(34-13-5-2-6-14-34)29-41(31-42)35-15-7-3-8-16-35/h2-20,22-27,29-32H,21,28H2,1H3/b48-33+,50-45+,51-49-. The highest BCUT2D eigenvalue weighted by atomic mass is 16.3. The summed E-state index contributed by atoms with van der Waals surface area (Å²) in [6.45, 7) is 2.20. The van der Waals surface area contributed by atoms with Crippen molar-refractivity contribution in [1.82, 2.24) is 0 Å². The molecule has 0 atom stereocenters. The van der Waals surface area contributed by atoms with Crippen LogP contribution in [0.15, 0.2) is 196 Å². The van der Waals surface area contributed by atoms with Gasteiger partial charge in [0, 0.05) is 21.9 Å². The van der Waals surface area contributed by atoms with E-state index < -0.39 is 0 Å². The molecular formula is C49H36N2O. The second-order valence-electron chi connectivity index (χ2n) is 13.4. The van der Waals surface area contributed by atoms with Gasteiger partial charge >= 0.3 is 0 Å². The van der Waals surface area contributed by atoms with E-state index in [2.05, 4.69) is 159 Å². The Balaban J connectivity index is 1.14. The second kappa shape index (κ2) is 13.6. The van der Waals surface area contributed by atoms with Gasteiger partial charge in [-0.3, -0.25) is 0 Å². The average Bonchev–Trinajstić information content (AvgIpc) is 3.59. The van der Waals surface area contributed by atoms with Crippen LogP contribution in [-0.4, -0.2) is 11.5 Å². The molecule has 0 radical (unpaired) electrons. The van der Waals surface area contributed by atoms with Gasteiger partial charge in [0.15, 0.2) is 5.84 Å². The summed E-state index contributed by atoms with van der Waals surface area (Å²) in [5.41, 5.74) is 15.2. The largest absolute Gasteiger partial charge is 0.456 e. The molecule has 248 valence electrons. The van der Waals surface area contributed by atoms with Crippen molar-refractivity contribution in [2.24, 2.45) is 9.98 Å². The molecule has 52 heavy (non-hydrogen) atoms. The Labute approximate surface area is 304 Å². The molecular weight excluding hydrogens is 633 g/mol. The van der Waals surface area contributed by atoms with Crippen molar-refractivity contribution in [2.75, 3.05) is 0 Å². The van der Waals surface area contributed by atoms with Crippen LogP contribution in [0.1, 0.15) is 36.5 Å². The van der Waals surface area contributed by atoms with E-state index in [0.29, 0.717) is 5.84 Å². The highest BCUT2D eigenvalue weighted by Gasteiger charge is 2.18. The van der Waals surface area contributed by atoms with E-state index in [9.17, 15) is 0 Å². The van der Waals surface area contributed by atoms with Crippen molar-refractivity contribution in [3.63, 3.8) is 0 Å². The van der Waals surface area contributed by atoms with Crippen LogP contribution in [0, 0.1) is 0 Å². The number of hydrogen-bond donors (Lipinski definition) is 0. The molecule has 0 amide bonds. The summed E-state index contributed by atoms with van der Waals surface area (Å²) in [5.74, 6) is 0.683. The summed E-state index contributed by atoms with van der Waals surface area (Å²) in [4.78, 5) is 10.7. The van der Waals surface area contributed by atoms with E-state index in [1.165, 1.54) is 33.4 Å².